The van der Waals surface area contributed by atoms with Gasteiger partial charge >= 0.3 is 0 Å². The Bertz CT molecular complexity index is 903. The van der Waals surface area contributed by atoms with Gasteiger partial charge in [0.2, 0.25) is 5.91 Å². The summed E-state index contributed by atoms with van der Waals surface area (Å²) >= 11 is 6.49. The second-order valence-electron chi connectivity index (χ2n) is 8.14. The van der Waals surface area contributed by atoms with Crippen molar-refractivity contribution in [3.05, 3.63) is 52.1 Å². The van der Waals surface area contributed by atoms with E-state index in [1.807, 2.05) is 4.90 Å². The maximum absolute atomic E-state index is 13.1. The number of nitrogens with zero attached hydrogens (tertiary/aromatic N) is 4. The van der Waals surface area contributed by atoms with E-state index in [1.54, 1.807) is 28.6 Å². The molecule has 1 aromatic heterocycles. The van der Waals surface area contributed by atoms with Gasteiger partial charge in [0.1, 0.15) is 11.0 Å². The number of carbonyl (C=O) groups is 2. The number of aromatic nitrogens is 2. The SMILES string of the molecule is Cc1nn(Cc2ccc(F)cc2)c(Cl)c1C(=O)N1CCN(C(=O)CCC(C)C)CC1. The number of hydrogen-bond acceptors (Lipinski definition) is 3. The number of rotatable bonds is 6. The summed E-state index contributed by atoms with van der Waals surface area (Å²) in [5.41, 5.74) is 1.79. The Balaban J connectivity index is 1.64. The minimum absolute atomic E-state index is 0.150. The van der Waals surface area contributed by atoms with E-state index in [2.05, 4.69) is 18.9 Å². The molecular weight excluding hydrogens is 407 g/mol. The molecule has 0 unspecified atom stereocenters. The van der Waals surface area contributed by atoms with Crippen molar-refractivity contribution in [1.29, 1.82) is 0 Å². The number of amides is 2. The zero-order valence-corrected chi connectivity index (χ0v) is 18.5. The Morgan fingerprint density at radius 1 is 1.10 bits per heavy atom. The number of benzene rings is 1. The molecule has 8 heteroatoms. The normalized spacial score (nSPS) is 14.5. The lowest BCUT2D eigenvalue weighted by Gasteiger charge is -2.35. The summed E-state index contributed by atoms with van der Waals surface area (Å²) in [6.45, 7) is 8.33. The molecule has 1 aliphatic heterocycles. The second kappa shape index (κ2) is 9.60. The first kappa shape index (κ1) is 22.3. The van der Waals surface area contributed by atoms with Crippen molar-refractivity contribution in [1.82, 2.24) is 19.6 Å². The highest BCUT2D eigenvalue weighted by Gasteiger charge is 2.29. The van der Waals surface area contributed by atoms with E-state index < -0.39 is 0 Å². The van der Waals surface area contributed by atoms with Gasteiger partial charge in [0.05, 0.1) is 17.8 Å². The Labute approximate surface area is 181 Å². The van der Waals surface area contributed by atoms with Gasteiger partial charge in [-0.1, -0.05) is 37.6 Å². The van der Waals surface area contributed by atoms with Crippen molar-refractivity contribution in [2.45, 2.75) is 40.2 Å². The minimum atomic E-state index is -0.306. The van der Waals surface area contributed by atoms with Crippen molar-refractivity contribution in [3.63, 3.8) is 0 Å². The first-order valence-corrected chi connectivity index (χ1v) is 10.7. The molecule has 0 saturated carbocycles. The van der Waals surface area contributed by atoms with Gasteiger partial charge in [-0.3, -0.25) is 9.59 Å². The quantitative estimate of drug-likeness (QED) is 0.695. The first-order valence-electron chi connectivity index (χ1n) is 10.3. The summed E-state index contributed by atoms with van der Waals surface area (Å²) in [4.78, 5) is 29.0. The van der Waals surface area contributed by atoms with Crippen molar-refractivity contribution in [2.75, 3.05) is 26.2 Å². The van der Waals surface area contributed by atoms with Crippen molar-refractivity contribution < 1.29 is 14.0 Å². The summed E-state index contributed by atoms with van der Waals surface area (Å²) in [6.07, 6.45) is 1.42. The third-order valence-corrected chi connectivity index (χ3v) is 5.76. The molecule has 6 nitrogen and oxygen atoms in total. The van der Waals surface area contributed by atoms with E-state index in [0.717, 1.165) is 12.0 Å². The van der Waals surface area contributed by atoms with Crippen LogP contribution in [0.3, 0.4) is 0 Å². The Morgan fingerprint density at radius 3 is 2.30 bits per heavy atom. The molecular formula is C22H28ClFN4O2. The predicted molar refractivity (Wildman–Crippen MR) is 114 cm³/mol. The molecule has 1 aromatic carbocycles. The monoisotopic (exact) mass is 434 g/mol. The van der Waals surface area contributed by atoms with E-state index in [0.29, 0.717) is 56.3 Å². The van der Waals surface area contributed by atoms with E-state index in [4.69, 9.17) is 11.6 Å². The molecule has 0 aliphatic carbocycles. The fourth-order valence-corrected chi connectivity index (χ4v) is 3.87. The third-order valence-electron chi connectivity index (χ3n) is 5.38. The zero-order chi connectivity index (χ0) is 21.8. The predicted octanol–water partition coefficient (Wildman–Crippen LogP) is 3.75. The second-order valence-corrected chi connectivity index (χ2v) is 8.50. The topological polar surface area (TPSA) is 58.4 Å². The standard InChI is InChI=1S/C22H28ClFN4O2/c1-15(2)4-9-19(29)26-10-12-27(13-11-26)22(30)20-16(3)25-28(21(20)23)14-17-5-7-18(24)8-6-17/h5-8,15H,4,9-14H2,1-3H3. The Morgan fingerprint density at radius 2 is 1.70 bits per heavy atom. The van der Waals surface area contributed by atoms with Crippen LogP contribution in [0.25, 0.3) is 0 Å². The van der Waals surface area contributed by atoms with Gasteiger partial charge in [0.25, 0.3) is 5.91 Å². The molecule has 2 heterocycles. The zero-order valence-electron chi connectivity index (χ0n) is 17.7. The molecule has 0 N–H and O–H groups in total. The van der Waals surface area contributed by atoms with Crippen LogP contribution in [-0.4, -0.2) is 57.6 Å². The van der Waals surface area contributed by atoms with Crippen LogP contribution in [0.15, 0.2) is 24.3 Å². The molecule has 0 spiro atoms. The summed E-state index contributed by atoms with van der Waals surface area (Å²) in [7, 11) is 0. The van der Waals surface area contributed by atoms with Crippen LogP contribution in [0.1, 0.15) is 48.3 Å². The minimum Gasteiger partial charge on any atom is -0.339 e. The van der Waals surface area contributed by atoms with Crippen molar-refractivity contribution in [3.8, 4) is 0 Å². The number of aryl methyl sites for hydroxylation is 1. The number of piperazine rings is 1. The molecule has 0 radical (unpaired) electrons. The van der Waals surface area contributed by atoms with Gasteiger partial charge in [0.15, 0.2) is 0 Å². The summed E-state index contributed by atoms with van der Waals surface area (Å²) < 4.78 is 14.7. The number of hydrogen-bond donors (Lipinski definition) is 0. The van der Waals surface area contributed by atoms with Crippen LogP contribution in [-0.2, 0) is 11.3 Å². The van der Waals surface area contributed by atoms with Crippen LogP contribution in [0, 0.1) is 18.7 Å². The van der Waals surface area contributed by atoms with Crippen LogP contribution >= 0.6 is 11.6 Å². The molecule has 2 amide bonds. The van der Waals surface area contributed by atoms with Gasteiger partial charge < -0.3 is 9.80 Å². The molecule has 3 rings (SSSR count). The summed E-state index contributed by atoms with van der Waals surface area (Å²) in [6, 6.07) is 6.10. The molecule has 162 valence electrons. The van der Waals surface area contributed by atoms with Gasteiger partial charge in [-0.2, -0.15) is 5.10 Å². The van der Waals surface area contributed by atoms with E-state index >= 15 is 0 Å². The Kier molecular flexibility index (Phi) is 7.13. The Hall–Kier alpha value is -2.41. The first-order chi connectivity index (χ1) is 14.3. The molecule has 1 saturated heterocycles. The van der Waals surface area contributed by atoms with E-state index in [1.165, 1.54) is 12.1 Å². The molecule has 0 atom stereocenters. The molecule has 30 heavy (non-hydrogen) atoms. The highest BCUT2D eigenvalue weighted by molar-refractivity contribution is 6.33. The fraction of sp³-hybridized carbons (Fsp3) is 0.500. The maximum atomic E-state index is 13.1. The van der Waals surface area contributed by atoms with Crippen LogP contribution in [0.4, 0.5) is 4.39 Å². The van der Waals surface area contributed by atoms with Crippen LogP contribution in [0.5, 0.6) is 0 Å². The molecule has 1 aliphatic rings. The van der Waals surface area contributed by atoms with E-state index in [-0.39, 0.29) is 22.8 Å². The highest BCUT2D eigenvalue weighted by Crippen LogP contribution is 2.23. The lowest BCUT2D eigenvalue weighted by molar-refractivity contribution is -0.132. The van der Waals surface area contributed by atoms with Gasteiger partial charge in [-0.15, -0.1) is 0 Å². The smallest absolute Gasteiger partial charge is 0.259 e. The van der Waals surface area contributed by atoms with Crippen molar-refractivity contribution >= 4 is 23.4 Å². The maximum Gasteiger partial charge on any atom is 0.259 e. The lowest BCUT2D eigenvalue weighted by atomic mass is 10.1. The largest absolute Gasteiger partial charge is 0.339 e. The van der Waals surface area contributed by atoms with Gasteiger partial charge in [0, 0.05) is 32.6 Å². The molecule has 0 bridgehead atoms. The fourth-order valence-electron chi connectivity index (χ4n) is 3.55. The molecule has 2 aromatic rings. The summed E-state index contributed by atoms with van der Waals surface area (Å²) in [5, 5.41) is 4.68. The highest BCUT2D eigenvalue weighted by atomic mass is 35.5. The van der Waals surface area contributed by atoms with Crippen LogP contribution < -0.4 is 0 Å². The lowest BCUT2D eigenvalue weighted by Crippen LogP contribution is -2.50. The van der Waals surface area contributed by atoms with Crippen LogP contribution in [0.2, 0.25) is 5.15 Å². The molecule has 1 fully saturated rings. The third kappa shape index (κ3) is 5.19. The number of carbonyl (C=O) groups excluding carboxylic acids is 2. The van der Waals surface area contributed by atoms with Gasteiger partial charge in [-0.25, -0.2) is 9.07 Å². The van der Waals surface area contributed by atoms with Crippen molar-refractivity contribution in [2.24, 2.45) is 5.92 Å². The van der Waals surface area contributed by atoms with Gasteiger partial charge in [-0.05, 0) is 37.0 Å². The average molecular weight is 435 g/mol. The number of halogens is 2. The van der Waals surface area contributed by atoms with E-state index in [9.17, 15) is 14.0 Å². The summed E-state index contributed by atoms with van der Waals surface area (Å²) in [5.74, 6) is 0.168. The average Bonchev–Trinajstić information content (AvgIpc) is 3.00.